The minimum absolute atomic E-state index is 0.196. The highest BCUT2D eigenvalue weighted by Gasteiger charge is 2.15. The molecule has 6 heteroatoms. The van der Waals surface area contributed by atoms with E-state index in [-0.39, 0.29) is 24.9 Å². The molecule has 0 spiro atoms. The maximum atomic E-state index is 12.1. The van der Waals surface area contributed by atoms with Crippen molar-refractivity contribution >= 4 is 29.1 Å². The van der Waals surface area contributed by atoms with E-state index in [1.807, 2.05) is 0 Å². The summed E-state index contributed by atoms with van der Waals surface area (Å²) in [5, 5.41) is 12.5. The molecule has 0 atom stereocenters. The summed E-state index contributed by atoms with van der Waals surface area (Å²) in [5.74, 6) is -0.442. The van der Waals surface area contributed by atoms with Gasteiger partial charge in [-0.25, -0.2) is 0 Å². The zero-order chi connectivity index (χ0) is 17.5. The lowest BCUT2D eigenvalue weighted by Gasteiger charge is -2.22. The summed E-state index contributed by atoms with van der Waals surface area (Å²) >= 11 is 5.79. The van der Waals surface area contributed by atoms with Crippen LogP contribution in [0.25, 0.3) is 0 Å². The first-order valence-electron chi connectivity index (χ1n) is 7.34. The summed E-state index contributed by atoms with van der Waals surface area (Å²) in [7, 11) is 0. The Morgan fingerprint density at radius 2 is 1.83 bits per heavy atom. The van der Waals surface area contributed by atoms with Gasteiger partial charge in [0.15, 0.2) is 0 Å². The average molecular weight is 342 g/mol. The van der Waals surface area contributed by atoms with Crippen LogP contribution < -0.4 is 10.2 Å². The predicted molar refractivity (Wildman–Crippen MR) is 93.0 cm³/mol. The monoisotopic (exact) mass is 341 g/mol. The molecule has 2 rings (SSSR count). The Balaban J connectivity index is 2.02. The van der Waals surface area contributed by atoms with Crippen LogP contribution in [0.3, 0.4) is 0 Å². The van der Waals surface area contributed by atoms with Crippen LogP contribution in [0, 0.1) is 11.3 Å². The van der Waals surface area contributed by atoms with E-state index in [1.165, 1.54) is 11.8 Å². The number of nitriles is 1. The lowest BCUT2D eigenvalue weighted by Crippen LogP contribution is -2.38. The Morgan fingerprint density at radius 3 is 2.46 bits per heavy atom. The molecule has 0 heterocycles. The topological polar surface area (TPSA) is 73.2 Å². The number of hydrogen-bond acceptors (Lipinski definition) is 3. The van der Waals surface area contributed by atoms with Gasteiger partial charge in [0.1, 0.15) is 6.07 Å². The highest BCUT2D eigenvalue weighted by Crippen LogP contribution is 2.19. The van der Waals surface area contributed by atoms with E-state index in [9.17, 15) is 9.59 Å². The van der Waals surface area contributed by atoms with Gasteiger partial charge in [0.2, 0.25) is 5.91 Å². The van der Waals surface area contributed by atoms with Crippen molar-refractivity contribution in [3.05, 3.63) is 64.7 Å². The van der Waals surface area contributed by atoms with Crippen molar-refractivity contribution in [2.45, 2.75) is 6.92 Å². The zero-order valence-electron chi connectivity index (χ0n) is 13.1. The molecule has 0 saturated heterocycles. The standard InChI is InChI=1S/C18H16ClN3O2/c1-13(23)22(17-5-3-2-4-15(17)12-20)11-10-21-18(24)14-6-8-16(19)9-7-14/h2-9H,10-11H2,1H3,(H,21,24). The molecule has 2 aromatic carbocycles. The van der Waals surface area contributed by atoms with Gasteiger partial charge in [0, 0.05) is 30.6 Å². The molecule has 0 aliphatic heterocycles. The van der Waals surface area contributed by atoms with Gasteiger partial charge in [-0.1, -0.05) is 23.7 Å². The molecule has 0 aliphatic carbocycles. The van der Waals surface area contributed by atoms with Crippen molar-refractivity contribution in [3.8, 4) is 6.07 Å². The first-order chi connectivity index (χ1) is 11.5. The molecule has 0 aliphatic rings. The number of benzene rings is 2. The lowest BCUT2D eigenvalue weighted by atomic mass is 10.1. The fraction of sp³-hybridized carbons (Fsp3) is 0.167. The second-order valence-corrected chi connectivity index (χ2v) is 5.50. The first kappa shape index (κ1) is 17.5. The lowest BCUT2D eigenvalue weighted by molar-refractivity contribution is -0.116. The fourth-order valence-electron chi connectivity index (χ4n) is 2.24. The largest absolute Gasteiger partial charge is 0.350 e. The number of carbonyl (C=O) groups is 2. The Morgan fingerprint density at radius 1 is 1.17 bits per heavy atom. The Kier molecular flexibility index (Phi) is 5.94. The van der Waals surface area contributed by atoms with Gasteiger partial charge < -0.3 is 10.2 Å². The number of para-hydroxylation sites is 1. The third-order valence-corrected chi connectivity index (χ3v) is 3.67. The second kappa shape index (κ2) is 8.14. The van der Waals surface area contributed by atoms with Gasteiger partial charge in [-0.3, -0.25) is 9.59 Å². The highest BCUT2D eigenvalue weighted by atomic mass is 35.5. The molecule has 0 aromatic heterocycles. The third-order valence-electron chi connectivity index (χ3n) is 3.42. The summed E-state index contributed by atoms with van der Waals surface area (Å²) in [6.45, 7) is 1.96. The molecule has 2 aromatic rings. The van der Waals surface area contributed by atoms with Crippen LogP contribution in [0.15, 0.2) is 48.5 Å². The number of amides is 2. The molecular formula is C18H16ClN3O2. The molecule has 0 fully saturated rings. The predicted octanol–water partition coefficient (Wildman–Crippen LogP) is 2.99. The number of carbonyl (C=O) groups excluding carboxylic acids is 2. The maximum absolute atomic E-state index is 12.1. The molecular weight excluding hydrogens is 326 g/mol. The molecule has 24 heavy (non-hydrogen) atoms. The number of anilines is 1. The van der Waals surface area contributed by atoms with Crippen LogP contribution in [0.4, 0.5) is 5.69 Å². The Labute approximate surface area is 145 Å². The van der Waals surface area contributed by atoms with Gasteiger partial charge in [0.25, 0.3) is 5.91 Å². The summed E-state index contributed by atoms with van der Waals surface area (Å²) in [6, 6.07) is 15.5. The Hall–Kier alpha value is -2.84. The van der Waals surface area contributed by atoms with E-state index in [2.05, 4.69) is 11.4 Å². The minimum Gasteiger partial charge on any atom is -0.350 e. The van der Waals surface area contributed by atoms with Crippen molar-refractivity contribution in [1.82, 2.24) is 5.32 Å². The van der Waals surface area contributed by atoms with Gasteiger partial charge in [-0.05, 0) is 36.4 Å². The average Bonchev–Trinajstić information content (AvgIpc) is 2.59. The minimum atomic E-state index is -0.247. The van der Waals surface area contributed by atoms with Gasteiger partial charge in [-0.2, -0.15) is 5.26 Å². The van der Waals surface area contributed by atoms with E-state index < -0.39 is 0 Å². The van der Waals surface area contributed by atoms with Crippen LogP contribution >= 0.6 is 11.6 Å². The molecule has 0 saturated carbocycles. The van der Waals surface area contributed by atoms with Crippen LogP contribution in [0.2, 0.25) is 5.02 Å². The summed E-state index contributed by atoms with van der Waals surface area (Å²) in [5.41, 5.74) is 1.44. The third kappa shape index (κ3) is 4.34. The highest BCUT2D eigenvalue weighted by molar-refractivity contribution is 6.30. The first-order valence-corrected chi connectivity index (χ1v) is 7.71. The Bertz CT molecular complexity index is 782. The number of hydrogen-bond donors (Lipinski definition) is 1. The van der Waals surface area contributed by atoms with Crippen molar-refractivity contribution in [1.29, 1.82) is 5.26 Å². The number of halogens is 1. The zero-order valence-corrected chi connectivity index (χ0v) is 13.9. The summed E-state index contributed by atoms with van der Waals surface area (Å²) in [6.07, 6.45) is 0. The van der Waals surface area contributed by atoms with Crippen molar-refractivity contribution < 1.29 is 9.59 Å². The summed E-state index contributed by atoms with van der Waals surface area (Å²) < 4.78 is 0. The van der Waals surface area contributed by atoms with Crippen LogP contribution in [-0.2, 0) is 4.79 Å². The van der Waals surface area contributed by atoms with E-state index in [1.54, 1.807) is 48.5 Å². The number of rotatable bonds is 5. The van der Waals surface area contributed by atoms with Crippen LogP contribution in [0.5, 0.6) is 0 Å². The van der Waals surface area contributed by atoms with Crippen molar-refractivity contribution in [2.75, 3.05) is 18.0 Å². The molecule has 0 radical (unpaired) electrons. The maximum Gasteiger partial charge on any atom is 0.251 e. The molecule has 0 unspecified atom stereocenters. The van der Waals surface area contributed by atoms with E-state index in [0.29, 0.717) is 21.8 Å². The van der Waals surface area contributed by atoms with E-state index in [4.69, 9.17) is 16.9 Å². The van der Waals surface area contributed by atoms with Crippen molar-refractivity contribution in [3.63, 3.8) is 0 Å². The van der Waals surface area contributed by atoms with Gasteiger partial charge in [0.05, 0.1) is 11.3 Å². The molecule has 2 amide bonds. The fourth-order valence-corrected chi connectivity index (χ4v) is 2.36. The number of nitrogens with one attached hydrogen (secondary N) is 1. The molecule has 122 valence electrons. The van der Waals surface area contributed by atoms with Gasteiger partial charge in [-0.15, -0.1) is 0 Å². The SMILES string of the molecule is CC(=O)N(CCNC(=O)c1ccc(Cl)cc1)c1ccccc1C#N. The quantitative estimate of drug-likeness (QED) is 0.908. The van der Waals surface area contributed by atoms with Gasteiger partial charge >= 0.3 is 0 Å². The molecule has 0 bridgehead atoms. The van der Waals surface area contributed by atoms with E-state index >= 15 is 0 Å². The van der Waals surface area contributed by atoms with Crippen molar-refractivity contribution in [2.24, 2.45) is 0 Å². The molecule has 5 nitrogen and oxygen atoms in total. The second-order valence-electron chi connectivity index (χ2n) is 5.06. The van der Waals surface area contributed by atoms with Crippen LogP contribution in [0.1, 0.15) is 22.8 Å². The molecule has 1 N–H and O–H groups in total. The number of nitrogens with zero attached hydrogens (tertiary/aromatic N) is 2. The summed E-state index contributed by atoms with van der Waals surface area (Å²) in [4.78, 5) is 25.4. The smallest absolute Gasteiger partial charge is 0.251 e. The van der Waals surface area contributed by atoms with Crippen LogP contribution in [-0.4, -0.2) is 24.9 Å². The van der Waals surface area contributed by atoms with E-state index in [0.717, 1.165) is 0 Å². The normalized spacial score (nSPS) is 9.88.